The van der Waals surface area contributed by atoms with Crippen LogP contribution in [0, 0.1) is 5.92 Å². The molecule has 0 saturated heterocycles. The molecule has 0 spiro atoms. The van der Waals surface area contributed by atoms with Gasteiger partial charge in [0.25, 0.3) is 0 Å². The molecule has 0 bridgehead atoms. The van der Waals surface area contributed by atoms with Crippen molar-refractivity contribution in [3.8, 4) is 0 Å². The van der Waals surface area contributed by atoms with E-state index >= 15 is 0 Å². The van der Waals surface area contributed by atoms with Crippen molar-refractivity contribution in [1.29, 1.82) is 0 Å². The lowest BCUT2D eigenvalue weighted by Crippen LogP contribution is -1.90. The van der Waals surface area contributed by atoms with Crippen molar-refractivity contribution in [2.75, 3.05) is 19.5 Å². The second-order valence-corrected chi connectivity index (χ2v) is 5.18. The zero-order chi connectivity index (χ0) is 5.86. The summed E-state index contributed by atoms with van der Waals surface area (Å²) in [6.07, 6.45) is 1.43. The molecule has 44 valence electrons. The van der Waals surface area contributed by atoms with Gasteiger partial charge >= 0.3 is 0 Å². The van der Waals surface area contributed by atoms with Crippen molar-refractivity contribution in [2.24, 2.45) is 5.92 Å². The molecule has 0 saturated carbocycles. The average Bonchev–Trinajstić information content (AvgIpc) is 1.27. The quantitative estimate of drug-likeness (QED) is 0.488. The van der Waals surface area contributed by atoms with Crippen LogP contribution in [0.15, 0.2) is 0 Å². The van der Waals surface area contributed by atoms with Crippen molar-refractivity contribution in [2.45, 2.75) is 13.8 Å². The lowest BCUT2D eigenvalue weighted by atomic mass is 10.3. The van der Waals surface area contributed by atoms with Gasteiger partial charge in [0.1, 0.15) is 0 Å². The van der Waals surface area contributed by atoms with Gasteiger partial charge in [0.15, 0.2) is 0 Å². The molecule has 0 N–H and O–H groups in total. The van der Waals surface area contributed by atoms with E-state index in [1.54, 1.807) is 0 Å². The molecule has 0 aromatic heterocycles. The molecule has 0 aliphatic carbocycles. The van der Waals surface area contributed by atoms with Gasteiger partial charge in [-0.05, 0) is 25.4 Å². The molecule has 0 aliphatic heterocycles. The summed E-state index contributed by atoms with van der Waals surface area (Å²) >= 11 is 0. The number of rotatable bonds is 2. The summed E-state index contributed by atoms with van der Waals surface area (Å²) in [6.45, 7) is 9.22. The summed E-state index contributed by atoms with van der Waals surface area (Å²) in [5, 5.41) is 0. The highest BCUT2D eigenvalue weighted by Gasteiger charge is 1.94. The van der Waals surface area contributed by atoms with E-state index in [4.69, 9.17) is 0 Å². The van der Waals surface area contributed by atoms with Gasteiger partial charge in [-0.25, -0.2) is 0 Å². The smallest absolute Gasteiger partial charge is 0.0308 e. The minimum absolute atomic E-state index is 0.360. The van der Waals surface area contributed by atoms with Crippen molar-refractivity contribution in [3.63, 3.8) is 0 Å². The fourth-order valence-electron chi connectivity index (χ4n) is 0.730. The van der Waals surface area contributed by atoms with E-state index in [1.807, 2.05) is 0 Å². The highest BCUT2D eigenvalue weighted by atomic mass is 31.1. The first-order valence-corrected chi connectivity index (χ1v) is 5.19. The van der Waals surface area contributed by atoms with E-state index < -0.39 is 0 Å². The van der Waals surface area contributed by atoms with E-state index in [-0.39, 0.29) is 0 Å². The maximum absolute atomic E-state index is 2.33. The minimum Gasteiger partial charge on any atom is -0.113 e. The third kappa shape index (κ3) is 6.43. The summed E-state index contributed by atoms with van der Waals surface area (Å²) in [5.41, 5.74) is 0. The molecule has 0 heterocycles. The summed E-state index contributed by atoms with van der Waals surface area (Å²) < 4.78 is 0. The Morgan fingerprint density at radius 3 is 1.71 bits per heavy atom. The number of hydrogen-bond donors (Lipinski definition) is 0. The molecule has 0 amide bonds. The van der Waals surface area contributed by atoms with Crippen LogP contribution >= 0.6 is 7.92 Å². The lowest BCUT2D eigenvalue weighted by molar-refractivity contribution is 0.746. The standard InChI is InChI=1S/C6H15P/c1-6(2)5-7(3)4/h6H,5H2,1-4H3. The van der Waals surface area contributed by atoms with Crippen LogP contribution in [-0.4, -0.2) is 19.5 Å². The van der Waals surface area contributed by atoms with E-state index in [0.717, 1.165) is 5.92 Å². The van der Waals surface area contributed by atoms with Gasteiger partial charge in [0.05, 0.1) is 0 Å². The third-order valence-corrected chi connectivity index (χ3v) is 2.19. The first-order valence-electron chi connectivity index (χ1n) is 2.77. The Kier molecular flexibility index (Phi) is 3.65. The number of hydrogen-bond acceptors (Lipinski definition) is 0. The second kappa shape index (κ2) is 3.43. The molecule has 0 rings (SSSR count). The maximum atomic E-state index is 2.33. The average molecular weight is 118 g/mol. The van der Waals surface area contributed by atoms with Crippen LogP contribution in [0.4, 0.5) is 0 Å². The monoisotopic (exact) mass is 118 g/mol. The van der Waals surface area contributed by atoms with Crippen LogP contribution < -0.4 is 0 Å². The van der Waals surface area contributed by atoms with E-state index in [2.05, 4.69) is 27.2 Å². The summed E-state index contributed by atoms with van der Waals surface area (Å²) in [6, 6.07) is 0. The Bertz CT molecular complexity index is 33.4. The molecular weight excluding hydrogens is 103 g/mol. The second-order valence-electron chi connectivity index (χ2n) is 2.66. The van der Waals surface area contributed by atoms with Crippen LogP contribution in [0.5, 0.6) is 0 Å². The van der Waals surface area contributed by atoms with Gasteiger partial charge in [-0.3, -0.25) is 0 Å². The molecule has 1 heteroatoms. The SMILES string of the molecule is CC(C)CP(C)C. The van der Waals surface area contributed by atoms with Crippen LogP contribution in [0.2, 0.25) is 0 Å². The van der Waals surface area contributed by atoms with Crippen LogP contribution in [0.3, 0.4) is 0 Å². The zero-order valence-electron chi connectivity index (χ0n) is 5.73. The van der Waals surface area contributed by atoms with Gasteiger partial charge in [-0.2, -0.15) is 0 Å². The van der Waals surface area contributed by atoms with Gasteiger partial charge < -0.3 is 0 Å². The maximum Gasteiger partial charge on any atom is -0.0308 e. The zero-order valence-corrected chi connectivity index (χ0v) is 6.63. The molecule has 0 aromatic rings. The van der Waals surface area contributed by atoms with E-state index in [0.29, 0.717) is 7.92 Å². The highest BCUT2D eigenvalue weighted by Crippen LogP contribution is 2.26. The Balaban J connectivity index is 2.95. The molecular formula is C6H15P. The summed E-state index contributed by atoms with van der Waals surface area (Å²) in [7, 11) is 0.360. The van der Waals surface area contributed by atoms with Crippen molar-refractivity contribution in [3.05, 3.63) is 0 Å². The molecule has 0 radical (unpaired) electrons. The Labute approximate surface area is 48.1 Å². The van der Waals surface area contributed by atoms with Gasteiger partial charge in [0.2, 0.25) is 0 Å². The van der Waals surface area contributed by atoms with Crippen LogP contribution in [0.25, 0.3) is 0 Å². The molecule has 7 heavy (non-hydrogen) atoms. The largest absolute Gasteiger partial charge is 0.113 e. The third-order valence-electron chi connectivity index (χ3n) is 0.730. The summed E-state index contributed by atoms with van der Waals surface area (Å²) in [4.78, 5) is 0. The molecule has 0 aromatic carbocycles. The predicted octanol–water partition coefficient (Wildman–Crippen LogP) is 2.38. The van der Waals surface area contributed by atoms with Crippen molar-refractivity contribution >= 4 is 7.92 Å². The first-order chi connectivity index (χ1) is 3.13. The van der Waals surface area contributed by atoms with Crippen molar-refractivity contribution < 1.29 is 0 Å². The van der Waals surface area contributed by atoms with Gasteiger partial charge in [-0.15, -0.1) is 7.92 Å². The Hall–Kier alpha value is 0.430. The van der Waals surface area contributed by atoms with Crippen LogP contribution in [-0.2, 0) is 0 Å². The van der Waals surface area contributed by atoms with Crippen molar-refractivity contribution in [1.82, 2.24) is 0 Å². The van der Waals surface area contributed by atoms with Gasteiger partial charge in [-0.1, -0.05) is 13.8 Å². The van der Waals surface area contributed by atoms with E-state index in [9.17, 15) is 0 Å². The normalized spacial score (nSPS) is 11.1. The minimum atomic E-state index is 0.360. The first kappa shape index (κ1) is 7.43. The Morgan fingerprint density at radius 1 is 1.29 bits per heavy atom. The molecule has 0 fully saturated rings. The predicted molar refractivity (Wildman–Crippen MR) is 38.5 cm³/mol. The fourth-order valence-corrected chi connectivity index (χ4v) is 2.19. The summed E-state index contributed by atoms with van der Waals surface area (Å²) in [5.74, 6) is 0.904. The Morgan fingerprint density at radius 2 is 1.71 bits per heavy atom. The molecule has 0 unspecified atom stereocenters. The molecule has 0 aliphatic rings. The fraction of sp³-hybridized carbons (Fsp3) is 1.00. The van der Waals surface area contributed by atoms with Gasteiger partial charge in [0, 0.05) is 0 Å². The van der Waals surface area contributed by atoms with Crippen LogP contribution in [0.1, 0.15) is 13.8 Å². The topological polar surface area (TPSA) is 0 Å². The molecule has 0 atom stereocenters. The van der Waals surface area contributed by atoms with E-state index in [1.165, 1.54) is 6.16 Å². The highest BCUT2D eigenvalue weighted by molar-refractivity contribution is 7.55. The molecule has 0 nitrogen and oxygen atoms in total. The lowest BCUT2D eigenvalue weighted by Gasteiger charge is -2.06.